The van der Waals surface area contributed by atoms with Gasteiger partial charge in [0, 0.05) is 24.4 Å². The fraction of sp³-hybridized carbons (Fsp3) is 0.630. The van der Waals surface area contributed by atoms with Gasteiger partial charge in [-0.25, -0.2) is 13.2 Å². The minimum Gasteiger partial charge on any atom is -0.475 e. The van der Waals surface area contributed by atoms with E-state index in [1.165, 1.54) is 19.1 Å². The molecule has 1 aromatic heterocycles. The summed E-state index contributed by atoms with van der Waals surface area (Å²) in [7, 11) is -3.08. The lowest BCUT2D eigenvalue weighted by Gasteiger charge is -2.43. The zero-order valence-electron chi connectivity index (χ0n) is 22.0. The highest BCUT2D eigenvalue weighted by Crippen LogP contribution is 2.39. The number of rotatable bonds is 10. The smallest absolute Gasteiger partial charge is 0.412 e. The molecule has 3 fully saturated rings. The van der Waals surface area contributed by atoms with E-state index in [1.54, 1.807) is 6.20 Å². The lowest BCUT2D eigenvalue weighted by Crippen LogP contribution is -2.52. The Morgan fingerprint density at radius 2 is 1.68 bits per heavy atom. The van der Waals surface area contributed by atoms with Gasteiger partial charge in [-0.3, -0.25) is 14.9 Å². The molecule has 1 amide bonds. The first-order valence-corrected chi connectivity index (χ1v) is 15.6. The molecule has 2 aliphatic heterocycles. The van der Waals surface area contributed by atoms with Crippen molar-refractivity contribution in [2.75, 3.05) is 37.1 Å². The lowest BCUT2D eigenvalue weighted by molar-refractivity contribution is -0.0458. The molecule has 2 saturated heterocycles. The zero-order chi connectivity index (χ0) is 26.5. The number of morpholine rings is 1. The van der Waals surface area contributed by atoms with Gasteiger partial charge in [0.15, 0.2) is 0 Å². The van der Waals surface area contributed by atoms with E-state index >= 15 is 0 Å². The molecule has 2 aromatic rings. The van der Waals surface area contributed by atoms with Gasteiger partial charge in [0.2, 0.25) is 0 Å². The van der Waals surface area contributed by atoms with Crippen LogP contribution >= 0.6 is 0 Å². The molecule has 10 nitrogen and oxygen atoms in total. The van der Waals surface area contributed by atoms with E-state index in [4.69, 9.17) is 14.2 Å². The van der Waals surface area contributed by atoms with Crippen molar-refractivity contribution < 1.29 is 27.4 Å². The van der Waals surface area contributed by atoms with Gasteiger partial charge in [-0.2, -0.15) is 0 Å². The monoisotopic (exact) mass is 546 g/mol. The van der Waals surface area contributed by atoms with Crippen molar-refractivity contribution >= 4 is 21.6 Å². The highest BCUT2D eigenvalue weighted by Gasteiger charge is 2.42. The van der Waals surface area contributed by atoms with E-state index in [9.17, 15) is 13.2 Å². The van der Waals surface area contributed by atoms with Crippen LogP contribution in [-0.4, -0.2) is 79.1 Å². The molecule has 3 heterocycles. The van der Waals surface area contributed by atoms with Crippen LogP contribution in [0.5, 0.6) is 5.88 Å². The number of anilines is 1. The standard InChI is InChI=1S/C27H38N4O6S/c1-38(33,34)15-5-14-36-26-25(28-27(32)37-17-20-6-3-2-4-7-20)16-30(29-26)21-8-10-22(11-9-21)31-23-12-13-24(31)19-35-18-23/h2-4,6-7,16,21-24H,5,8-15,17-19H2,1H3,(H,28,32)/t21?,22?,23-,24+. The predicted molar refractivity (Wildman–Crippen MR) is 143 cm³/mol. The number of sulfone groups is 1. The summed E-state index contributed by atoms with van der Waals surface area (Å²) >= 11 is 0. The second-order valence-corrected chi connectivity index (χ2v) is 12.9. The van der Waals surface area contributed by atoms with Crippen LogP contribution in [0.15, 0.2) is 36.5 Å². The van der Waals surface area contributed by atoms with Gasteiger partial charge in [-0.05, 0) is 50.5 Å². The number of carbonyl (C=O) groups excluding carboxylic acids is 1. The summed E-state index contributed by atoms with van der Waals surface area (Å²) in [5, 5.41) is 7.43. The number of nitrogens with zero attached hydrogens (tertiary/aromatic N) is 3. The van der Waals surface area contributed by atoms with E-state index in [1.807, 2.05) is 35.0 Å². The van der Waals surface area contributed by atoms with Crippen molar-refractivity contribution in [3.8, 4) is 5.88 Å². The topological polar surface area (TPSA) is 112 Å². The number of carbonyl (C=O) groups is 1. The number of amides is 1. The van der Waals surface area contributed by atoms with Crippen LogP contribution in [0.4, 0.5) is 10.5 Å². The number of benzene rings is 1. The summed E-state index contributed by atoms with van der Waals surface area (Å²) in [4.78, 5) is 15.3. The average Bonchev–Trinajstić information content (AvgIpc) is 3.41. The highest BCUT2D eigenvalue weighted by atomic mass is 32.2. The van der Waals surface area contributed by atoms with Crippen LogP contribution in [0.3, 0.4) is 0 Å². The Bertz CT molecular complexity index is 1160. The number of nitrogens with one attached hydrogen (secondary N) is 1. The molecule has 5 rings (SSSR count). The third-order valence-corrected chi connectivity index (χ3v) is 8.83. The fourth-order valence-corrected chi connectivity index (χ4v) is 6.63. The van der Waals surface area contributed by atoms with Crippen LogP contribution in [-0.2, 0) is 25.9 Å². The number of hydrogen-bond acceptors (Lipinski definition) is 8. The fourth-order valence-electron chi connectivity index (χ4n) is 5.99. The molecular weight excluding hydrogens is 508 g/mol. The largest absolute Gasteiger partial charge is 0.475 e. The van der Waals surface area contributed by atoms with E-state index in [-0.39, 0.29) is 30.9 Å². The summed E-state index contributed by atoms with van der Waals surface area (Å²) in [5.41, 5.74) is 1.32. The van der Waals surface area contributed by atoms with Crippen molar-refractivity contribution in [1.29, 1.82) is 0 Å². The Morgan fingerprint density at radius 1 is 1.03 bits per heavy atom. The number of fused-ring (bicyclic) bond motifs is 2. The first-order chi connectivity index (χ1) is 18.4. The maximum Gasteiger partial charge on any atom is 0.412 e. The molecule has 208 valence electrons. The molecule has 3 aliphatic rings. The van der Waals surface area contributed by atoms with Gasteiger partial charge in [-0.15, -0.1) is 5.10 Å². The summed E-state index contributed by atoms with van der Waals surface area (Å²) in [6.07, 6.45) is 9.42. The van der Waals surface area contributed by atoms with Crippen molar-refractivity contribution in [2.24, 2.45) is 0 Å². The predicted octanol–water partition coefficient (Wildman–Crippen LogP) is 3.79. The summed E-state index contributed by atoms with van der Waals surface area (Å²) < 4.78 is 41.8. The third-order valence-electron chi connectivity index (χ3n) is 7.80. The number of hydrogen-bond donors (Lipinski definition) is 1. The minimum absolute atomic E-state index is 0.0309. The Labute approximate surface area is 224 Å². The second kappa shape index (κ2) is 12.0. The Morgan fingerprint density at radius 3 is 2.37 bits per heavy atom. The summed E-state index contributed by atoms with van der Waals surface area (Å²) in [6, 6.07) is 11.4. The maximum atomic E-state index is 12.5. The lowest BCUT2D eigenvalue weighted by atomic mass is 9.89. The molecule has 11 heteroatoms. The first-order valence-electron chi connectivity index (χ1n) is 13.6. The molecule has 2 bridgehead atoms. The van der Waals surface area contributed by atoms with Crippen molar-refractivity contribution in [2.45, 2.75) is 75.7 Å². The Kier molecular flexibility index (Phi) is 8.54. The van der Waals surface area contributed by atoms with E-state index < -0.39 is 15.9 Å². The molecule has 1 saturated carbocycles. The van der Waals surface area contributed by atoms with E-state index in [0.717, 1.165) is 44.5 Å². The zero-order valence-corrected chi connectivity index (χ0v) is 22.8. The number of aromatic nitrogens is 2. The Balaban J connectivity index is 1.21. The van der Waals surface area contributed by atoms with Crippen LogP contribution in [0.1, 0.15) is 56.6 Å². The van der Waals surface area contributed by atoms with Gasteiger partial charge < -0.3 is 14.2 Å². The SMILES string of the molecule is CS(=O)(=O)CCCOc1nn(C2CCC(N3[C@@H]4CC[C@H]3COC4)CC2)cc1NC(=O)OCc1ccccc1. The van der Waals surface area contributed by atoms with Gasteiger partial charge in [0.05, 0.1) is 37.8 Å². The first kappa shape index (κ1) is 27.0. The molecule has 1 aliphatic carbocycles. The van der Waals surface area contributed by atoms with Crippen LogP contribution in [0.25, 0.3) is 0 Å². The normalized spacial score (nSPS) is 25.7. The molecule has 38 heavy (non-hydrogen) atoms. The minimum atomic E-state index is -3.08. The summed E-state index contributed by atoms with van der Waals surface area (Å²) in [5.74, 6) is 0.312. The average molecular weight is 547 g/mol. The van der Waals surface area contributed by atoms with Crippen LogP contribution in [0.2, 0.25) is 0 Å². The van der Waals surface area contributed by atoms with Crippen molar-refractivity contribution in [3.63, 3.8) is 0 Å². The number of ether oxygens (including phenoxy) is 3. The quantitative estimate of drug-likeness (QED) is 0.448. The molecule has 2 atom stereocenters. The van der Waals surface area contributed by atoms with Gasteiger partial charge in [-0.1, -0.05) is 30.3 Å². The second-order valence-electron chi connectivity index (χ2n) is 10.7. The third kappa shape index (κ3) is 6.86. The highest BCUT2D eigenvalue weighted by molar-refractivity contribution is 7.90. The Hall–Kier alpha value is -2.63. The summed E-state index contributed by atoms with van der Waals surface area (Å²) in [6.45, 7) is 2.04. The van der Waals surface area contributed by atoms with Crippen LogP contribution in [0, 0.1) is 0 Å². The molecule has 0 radical (unpaired) electrons. The van der Waals surface area contributed by atoms with Crippen LogP contribution < -0.4 is 10.1 Å². The van der Waals surface area contributed by atoms with E-state index in [0.29, 0.717) is 30.2 Å². The molecule has 0 spiro atoms. The van der Waals surface area contributed by atoms with Crippen molar-refractivity contribution in [1.82, 2.24) is 14.7 Å². The van der Waals surface area contributed by atoms with Gasteiger partial charge in [0.1, 0.15) is 22.1 Å². The molecular formula is C27H38N4O6S. The van der Waals surface area contributed by atoms with Gasteiger partial charge >= 0.3 is 6.09 Å². The van der Waals surface area contributed by atoms with E-state index in [2.05, 4.69) is 15.3 Å². The molecule has 1 N–H and O–H groups in total. The molecule has 0 unspecified atom stereocenters. The molecule has 1 aromatic carbocycles. The van der Waals surface area contributed by atoms with Crippen molar-refractivity contribution in [3.05, 3.63) is 42.1 Å². The van der Waals surface area contributed by atoms with Gasteiger partial charge in [0.25, 0.3) is 5.88 Å². The maximum absolute atomic E-state index is 12.5.